The number of amides is 1. The number of hydrogen-bond donors (Lipinski definition) is 1. The van der Waals surface area contributed by atoms with Gasteiger partial charge in [-0.3, -0.25) is 4.79 Å². The van der Waals surface area contributed by atoms with E-state index in [4.69, 9.17) is 0 Å². The molecule has 0 fully saturated rings. The lowest BCUT2D eigenvalue weighted by Crippen LogP contribution is -2.26. The van der Waals surface area contributed by atoms with Crippen LogP contribution in [0.5, 0.6) is 0 Å². The molecule has 0 bridgehead atoms. The fraction of sp³-hybridized carbons (Fsp3) is 0.111. The summed E-state index contributed by atoms with van der Waals surface area (Å²) < 4.78 is 1.70. The van der Waals surface area contributed by atoms with E-state index in [1.54, 1.807) is 17.1 Å². The lowest BCUT2D eigenvalue weighted by molar-refractivity contribution is 0.0940. The van der Waals surface area contributed by atoms with Gasteiger partial charge in [-0.2, -0.15) is 5.10 Å². The van der Waals surface area contributed by atoms with Crippen LogP contribution in [0.1, 0.15) is 28.9 Å². The monoisotopic (exact) mass is 291 g/mol. The van der Waals surface area contributed by atoms with E-state index in [9.17, 15) is 4.79 Å². The van der Waals surface area contributed by atoms with Gasteiger partial charge in [-0.15, -0.1) is 0 Å². The molecule has 1 N–H and O–H groups in total. The minimum Gasteiger partial charge on any atom is -0.345 e. The van der Waals surface area contributed by atoms with Gasteiger partial charge in [-0.05, 0) is 24.6 Å². The number of carbonyl (C=O) groups excluding carboxylic acids is 1. The molecule has 1 aromatic heterocycles. The number of carbonyl (C=O) groups is 1. The van der Waals surface area contributed by atoms with Gasteiger partial charge in [0.15, 0.2) is 0 Å². The summed E-state index contributed by atoms with van der Waals surface area (Å²) >= 11 is 0. The van der Waals surface area contributed by atoms with Crippen LogP contribution in [0.3, 0.4) is 0 Å². The molecule has 1 heterocycles. The van der Waals surface area contributed by atoms with Gasteiger partial charge in [-0.25, -0.2) is 4.68 Å². The molecule has 22 heavy (non-hydrogen) atoms. The van der Waals surface area contributed by atoms with E-state index in [0.29, 0.717) is 5.56 Å². The summed E-state index contributed by atoms with van der Waals surface area (Å²) in [6.07, 6.45) is 3.32. The Hall–Kier alpha value is -2.88. The fourth-order valence-electron chi connectivity index (χ4n) is 2.27. The van der Waals surface area contributed by atoms with Gasteiger partial charge in [0.25, 0.3) is 5.91 Å². The second-order valence-corrected chi connectivity index (χ2v) is 5.11. The van der Waals surface area contributed by atoms with E-state index in [1.807, 2.05) is 67.6 Å². The molecule has 3 rings (SSSR count). The number of aromatic nitrogens is 2. The largest absolute Gasteiger partial charge is 0.345 e. The summed E-state index contributed by atoms with van der Waals surface area (Å²) in [4.78, 5) is 12.3. The van der Waals surface area contributed by atoms with Crippen LogP contribution >= 0.6 is 0 Å². The van der Waals surface area contributed by atoms with Crippen molar-refractivity contribution in [1.82, 2.24) is 15.1 Å². The van der Waals surface area contributed by atoms with Gasteiger partial charge >= 0.3 is 0 Å². The summed E-state index contributed by atoms with van der Waals surface area (Å²) in [6, 6.07) is 19.6. The molecular formula is C18H17N3O. The highest BCUT2D eigenvalue weighted by molar-refractivity contribution is 5.94. The highest BCUT2D eigenvalue weighted by atomic mass is 16.1. The molecule has 0 aliphatic carbocycles. The summed E-state index contributed by atoms with van der Waals surface area (Å²) in [5.74, 6) is -0.126. The number of nitrogens with zero attached hydrogens (tertiary/aromatic N) is 2. The van der Waals surface area contributed by atoms with Crippen molar-refractivity contribution < 1.29 is 4.79 Å². The number of benzene rings is 2. The van der Waals surface area contributed by atoms with E-state index in [0.717, 1.165) is 11.3 Å². The molecule has 1 amide bonds. The third kappa shape index (κ3) is 3.06. The Bertz CT molecular complexity index is 750. The lowest BCUT2D eigenvalue weighted by atomic mass is 10.1. The molecule has 0 saturated carbocycles. The molecule has 4 heteroatoms. The van der Waals surface area contributed by atoms with Gasteiger partial charge in [0, 0.05) is 6.20 Å². The minimum atomic E-state index is -0.126. The zero-order valence-electron chi connectivity index (χ0n) is 12.3. The molecule has 2 aromatic carbocycles. The van der Waals surface area contributed by atoms with Gasteiger partial charge < -0.3 is 5.32 Å². The van der Waals surface area contributed by atoms with Crippen molar-refractivity contribution in [3.05, 3.63) is 84.2 Å². The van der Waals surface area contributed by atoms with Crippen molar-refractivity contribution in [3.63, 3.8) is 0 Å². The first-order valence-corrected chi connectivity index (χ1v) is 7.20. The smallest absolute Gasteiger partial charge is 0.254 e. The zero-order chi connectivity index (χ0) is 15.4. The van der Waals surface area contributed by atoms with Gasteiger partial charge in [0.05, 0.1) is 23.5 Å². The second kappa shape index (κ2) is 6.26. The topological polar surface area (TPSA) is 46.9 Å². The maximum Gasteiger partial charge on any atom is 0.254 e. The van der Waals surface area contributed by atoms with Crippen LogP contribution in [0.2, 0.25) is 0 Å². The average molecular weight is 291 g/mol. The predicted octanol–water partition coefficient (Wildman–Crippen LogP) is 3.36. The molecule has 0 aliphatic rings. The third-order valence-electron chi connectivity index (χ3n) is 3.51. The Morgan fingerprint density at radius 2 is 1.68 bits per heavy atom. The minimum absolute atomic E-state index is 0.0474. The highest BCUT2D eigenvalue weighted by Gasteiger charge is 2.13. The Kier molecular flexibility index (Phi) is 4.01. The Labute approximate surface area is 129 Å². The van der Waals surface area contributed by atoms with Crippen LogP contribution in [0.25, 0.3) is 5.69 Å². The molecule has 0 radical (unpaired) electrons. The van der Waals surface area contributed by atoms with Crippen molar-refractivity contribution in [2.24, 2.45) is 0 Å². The molecule has 0 unspecified atom stereocenters. The van der Waals surface area contributed by atoms with Crippen molar-refractivity contribution in [2.75, 3.05) is 0 Å². The maximum absolute atomic E-state index is 12.3. The molecule has 3 aromatic rings. The molecule has 4 nitrogen and oxygen atoms in total. The van der Waals surface area contributed by atoms with E-state index in [-0.39, 0.29) is 11.9 Å². The van der Waals surface area contributed by atoms with Gasteiger partial charge in [0.1, 0.15) is 0 Å². The summed E-state index contributed by atoms with van der Waals surface area (Å²) in [5, 5.41) is 7.23. The molecule has 110 valence electrons. The first kappa shape index (κ1) is 14.1. The normalized spacial score (nSPS) is 11.9. The second-order valence-electron chi connectivity index (χ2n) is 5.11. The molecule has 0 aliphatic heterocycles. The van der Waals surface area contributed by atoms with Crippen LogP contribution in [0, 0.1) is 0 Å². The Morgan fingerprint density at radius 1 is 1.05 bits per heavy atom. The lowest BCUT2D eigenvalue weighted by Gasteiger charge is -2.13. The first-order valence-electron chi connectivity index (χ1n) is 7.20. The van der Waals surface area contributed by atoms with E-state index < -0.39 is 0 Å². The van der Waals surface area contributed by atoms with Crippen molar-refractivity contribution in [2.45, 2.75) is 13.0 Å². The SMILES string of the molecule is C[C@@H](NC(=O)c1cnn(-c2ccccc2)c1)c1ccccc1. The van der Waals surface area contributed by atoms with E-state index in [1.165, 1.54) is 0 Å². The molecule has 0 saturated heterocycles. The first-order chi connectivity index (χ1) is 10.7. The molecule has 0 spiro atoms. The van der Waals surface area contributed by atoms with Crippen LogP contribution in [0.15, 0.2) is 73.1 Å². The standard InChI is InChI=1S/C18H17N3O/c1-14(15-8-4-2-5-9-15)20-18(22)16-12-19-21(13-16)17-10-6-3-7-11-17/h2-14H,1H3,(H,20,22)/t14-/m1/s1. The molecule has 1 atom stereocenters. The van der Waals surface area contributed by atoms with E-state index in [2.05, 4.69) is 10.4 Å². The Balaban J connectivity index is 1.72. The number of para-hydroxylation sites is 1. The maximum atomic E-state index is 12.3. The number of nitrogens with one attached hydrogen (secondary N) is 1. The third-order valence-corrected chi connectivity index (χ3v) is 3.51. The zero-order valence-corrected chi connectivity index (χ0v) is 12.3. The van der Waals surface area contributed by atoms with E-state index >= 15 is 0 Å². The average Bonchev–Trinajstić information content (AvgIpc) is 3.06. The predicted molar refractivity (Wildman–Crippen MR) is 85.9 cm³/mol. The van der Waals surface area contributed by atoms with Crippen LogP contribution < -0.4 is 5.32 Å². The summed E-state index contributed by atoms with van der Waals surface area (Å²) in [7, 11) is 0. The molecular weight excluding hydrogens is 274 g/mol. The van der Waals surface area contributed by atoms with Gasteiger partial charge in [0.2, 0.25) is 0 Å². The van der Waals surface area contributed by atoms with Crippen molar-refractivity contribution in [1.29, 1.82) is 0 Å². The quantitative estimate of drug-likeness (QED) is 0.801. The Morgan fingerprint density at radius 3 is 2.36 bits per heavy atom. The highest BCUT2D eigenvalue weighted by Crippen LogP contribution is 2.13. The van der Waals surface area contributed by atoms with Crippen molar-refractivity contribution >= 4 is 5.91 Å². The van der Waals surface area contributed by atoms with Gasteiger partial charge in [-0.1, -0.05) is 48.5 Å². The summed E-state index contributed by atoms with van der Waals surface area (Å²) in [5.41, 5.74) is 2.55. The van der Waals surface area contributed by atoms with Crippen molar-refractivity contribution in [3.8, 4) is 5.69 Å². The van der Waals surface area contributed by atoms with Crippen LogP contribution in [-0.4, -0.2) is 15.7 Å². The van der Waals surface area contributed by atoms with Crippen LogP contribution in [0.4, 0.5) is 0 Å². The number of hydrogen-bond acceptors (Lipinski definition) is 2. The number of rotatable bonds is 4. The summed E-state index contributed by atoms with van der Waals surface area (Å²) in [6.45, 7) is 1.97. The fourth-order valence-corrected chi connectivity index (χ4v) is 2.27. The van der Waals surface area contributed by atoms with Crippen LogP contribution in [-0.2, 0) is 0 Å².